The molecule has 1 heterocycles. The number of rotatable bonds is 2. The quantitative estimate of drug-likeness (QED) is 0.792. The summed E-state index contributed by atoms with van der Waals surface area (Å²) in [5.74, 6) is 0.0557. The van der Waals surface area contributed by atoms with E-state index in [2.05, 4.69) is 9.98 Å². The molecule has 0 atom stereocenters. The minimum atomic E-state index is -0.591. The summed E-state index contributed by atoms with van der Waals surface area (Å²) >= 11 is 0. The molecule has 1 aromatic carbocycles. The summed E-state index contributed by atoms with van der Waals surface area (Å²) in [6.07, 6.45) is 4.82. The van der Waals surface area contributed by atoms with Crippen molar-refractivity contribution in [2.45, 2.75) is 64.1 Å². The van der Waals surface area contributed by atoms with Crippen LogP contribution in [0.5, 0.6) is 0 Å². The zero-order valence-electron chi connectivity index (χ0n) is 15.7. The molecule has 1 fully saturated rings. The Morgan fingerprint density at radius 2 is 1.81 bits per heavy atom. The van der Waals surface area contributed by atoms with Crippen LogP contribution in [0.1, 0.15) is 63.2 Å². The van der Waals surface area contributed by atoms with Crippen LogP contribution < -0.4 is 16.4 Å². The molecule has 0 radical (unpaired) electrons. The van der Waals surface area contributed by atoms with Gasteiger partial charge in [-0.2, -0.15) is 4.99 Å². The monoisotopic (exact) mass is 357 g/mol. The van der Waals surface area contributed by atoms with Crippen molar-refractivity contribution < 1.29 is 9.53 Å². The van der Waals surface area contributed by atoms with Crippen molar-refractivity contribution in [3.05, 3.63) is 29.8 Å². The van der Waals surface area contributed by atoms with E-state index in [0.29, 0.717) is 11.3 Å². The molecule has 0 unspecified atom stereocenters. The Bertz CT molecular complexity index is 757. The van der Waals surface area contributed by atoms with Gasteiger partial charge in [-0.3, -0.25) is 4.90 Å². The largest absolute Gasteiger partial charge is 0.456 e. The first-order chi connectivity index (χ1) is 12.2. The summed E-state index contributed by atoms with van der Waals surface area (Å²) < 4.78 is 5.58. The van der Waals surface area contributed by atoms with Crippen molar-refractivity contribution in [1.82, 2.24) is 0 Å². The van der Waals surface area contributed by atoms with Crippen molar-refractivity contribution in [3.8, 4) is 0 Å². The maximum atomic E-state index is 12.8. The Morgan fingerprint density at radius 3 is 2.46 bits per heavy atom. The van der Waals surface area contributed by atoms with Crippen LogP contribution in [0, 0.1) is 0 Å². The van der Waals surface area contributed by atoms with Gasteiger partial charge in [-0.25, -0.2) is 9.79 Å². The number of esters is 1. The van der Waals surface area contributed by atoms with E-state index in [1.165, 1.54) is 0 Å². The number of anilines is 1. The van der Waals surface area contributed by atoms with E-state index in [1.54, 1.807) is 6.07 Å². The predicted octanol–water partition coefficient (Wildman–Crippen LogP) is 2.75. The summed E-state index contributed by atoms with van der Waals surface area (Å²) in [5.41, 5.74) is 12.1. The van der Waals surface area contributed by atoms with Gasteiger partial charge in [0.25, 0.3) is 0 Å². The van der Waals surface area contributed by atoms with Crippen LogP contribution in [0.3, 0.4) is 0 Å². The second-order valence-corrected chi connectivity index (χ2v) is 7.84. The Hall–Kier alpha value is -2.57. The summed E-state index contributed by atoms with van der Waals surface area (Å²) in [5, 5.41) is 0. The lowest BCUT2D eigenvalue weighted by atomic mass is 9.87. The number of benzene rings is 1. The zero-order valence-corrected chi connectivity index (χ0v) is 15.7. The number of hydrogen-bond acceptors (Lipinski definition) is 7. The Balaban J connectivity index is 2.07. The van der Waals surface area contributed by atoms with Crippen molar-refractivity contribution in [3.63, 3.8) is 0 Å². The fourth-order valence-electron chi connectivity index (χ4n) is 3.64. The molecule has 26 heavy (non-hydrogen) atoms. The third-order valence-electron chi connectivity index (χ3n) is 4.62. The summed E-state index contributed by atoms with van der Waals surface area (Å²) in [4.78, 5) is 23.5. The summed E-state index contributed by atoms with van der Waals surface area (Å²) in [6, 6.07) is 7.28. The van der Waals surface area contributed by atoms with Gasteiger partial charge in [0, 0.05) is 0 Å². The number of nitrogens with two attached hydrogens (primary N) is 2. The van der Waals surface area contributed by atoms with Crippen LogP contribution in [-0.4, -0.2) is 29.2 Å². The SMILES string of the molecule is CC(C)(C)OC(=O)c1ccccc1N1C(N)=NC(N)=NC12CCCCC2. The number of guanidine groups is 2. The van der Waals surface area contributed by atoms with Gasteiger partial charge in [0.2, 0.25) is 11.9 Å². The van der Waals surface area contributed by atoms with Gasteiger partial charge in [0.15, 0.2) is 0 Å². The topological polar surface area (TPSA) is 106 Å². The van der Waals surface area contributed by atoms with Crippen LogP contribution >= 0.6 is 0 Å². The second kappa shape index (κ2) is 6.63. The molecule has 0 amide bonds. The number of para-hydroxylation sites is 1. The van der Waals surface area contributed by atoms with Gasteiger partial charge < -0.3 is 16.2 Å². The van der Waals surface area contributed by atoms with E-state index >= 15 is 0 Å². The molecule has 7 heteroatoms. The van der Waals surface area contributed by atoms with Crippen molar-refractivity contribution in [2.75, 3.05) is 4.90 Å². The highest BCUT2D eigenvalue weighted by Crippen LogP contribution is 2.40. The van der Waals surface area contributed by atoms with Crippen LogP contribution in [0.2, 0.25) is 0 Å². The summed E-state index contributed by atoms with van der Waals surface area (Å²) in [7, 11) is 0. The molecule has 140 valence electrons. The standard InChI is InChI=1S/C19H27N5O2/c1-18(2,3)26-15(25)13-9-5-6-10-14(13)24-17(21)22-16(20)23-19(24)11-7-4-8-12-19/h5-6,9-10H,4,7-8,11-12H2,1-3H3,(H4,20,21,22,23). The van der Waals surface area contributed by atoms with Crippen LogP contribution in [-0.2, 0) is 4.74 Å². The maximum Gasteiger partial charge on any atom is 0.340 e. The number of aliphatic imine (C=N–C) groups is 2. The van der Waals surface area contributed by atoms with E-state index in [9.17, 15) is 4.79 Å². The first-order valence-electron chi connectivity index (χ1n) is 9.04. The van der Waals surface area contributed by atoms with Gasteiger partial charge >= 0.3 is 5.97 Å². The molecule has 2 aliphatic rings. The van der Waals surface area contributed by atoms with E-state index < -0.39 is 17.2 Å². The lowest BCUT2D eigenvalue weighted by molar-refractivity contribution is 0.00703. The van der Waals surface area contributed by atoms with Crippen LogP contribution in [0.15, 0.2) is 34.3 Å². The highest BCUT2D eigenvalue weighted by Gasteiger charge is 2.43. The van der Waals surface area contributed by atoms with Gasteiger partial charge in [-0.1, -0.05) is 18.6 Å². The van der Waals surface area contributed by atoms with Crippen molar-refractivity contribution in [2.24, 2.45) is 21.5 Å². The minimum absolute atomic E-state index is 0.190. The Labute approximate surface area is 154 Å². The molecule has 1 aromatic rings. The van der Waals surface area contributed by atoms with Gasteiger partial charge in [0.05, 0.1) is 11.3 Å². The third kappa shape index (κ3) is 3.52. The van der Waals surface area contributed by atoms with E-state index in [4.69, 9.17) is 16.2 Å². The molecular weight excluding hydrogens is 330 g/mol. The smallest absolute Gasteiger partial charge is 0.340 e. The molecule has 1 saturated carbocycles. The molecule has 4 N–H and O–H groups in total. The highest BCUT2D eigenvalue weighted by atomic mass is 16.6. The first kappa shape index (κ1) is 18.2. The summed E-state index contributed by atoms with van der Waals surface area (Å²) in [6.45, 7) is 5.54. The van der Waals surface area contributed by atoms with Crippen molar-refractivity contribution in [1.29, 1.82) is 0 Å². The highest BCUT2D eigenvalue weighted by molar-refractivity contribution is 6.09. The molecule has 1 aliphatic heterocycles. The zero-order chi connectivity index (χ0) is 18.9. The fourth-order valence-corrected chi connectivity index (χ4v) is 3.64. The lowest BCUT2D eigenvalue weighted by Gasteiger charge is -2.46. The number of ether oxygens (including phenoxy) is 1. The normalized spacial score (nSPS) is 19.7. The predicted molar refractivity (Wildman–Crippen MR) is 103 cm³/mol. The molecule has 1 aliphatic carbocycles. The van der Waals surface area contributed by atoms with E-state index in [-0.39, 0.29) is 11.9 Å². The van der Waals surface area contributed by atoms with Gasteiger partial charge in [0.1, 0.15) is 11.3 Å². The van der Waals surface area contributed by atoms with Gasteiger partial charge in [-0.15, -0.1) is 0 Å². The number of carbonyl (C=O) groups is 1. The lowest BCUT2D eigenvalue weighted by Crippen LogP contribution is -2.58. The Morgan fingerprint density at radius 1 is 1.15 bits per heavy atom. The molecule has 0 aromatic heterocycles. The van der Waals surface area contributed by atoms with E-state index in [1.807, 2.05) is 43.9 Å². The number of hydrogen-bond donors (Lipinski definition) is 2. The molecule has 1 spiro atoms. The maximum absolute atomic E-state index is 12.8. The molecule has 7 nitrogen and oxygen atoms in total. The van der Waals surface area contributed by atoms with Crippen molar-refractivity contribution >= 4 is 23.6 Å². The first-order valence-corrected chi connectivity index (χ1v) is 9.04. The average Bonchev–Trinajstić information content (AvgIpc) is 2.53. The average molecular weight is 357 g/mol. The number of carbonyl (C=O) groups excluding carboxylic acids is 1. The van der Waals surface area contributed by atoms with Gasteiger partial charge in [-0.05, 0) is 58.6 Å². The third-order valence-corrected chi connectivity index (χ3v) is 4.62. The number of nitrogens with zero attached hydrogens (tertiary/aromatic N) is 3. The van der Waals surface area contributed by atoms with Crippen LogP contribution in [0.4, 0.5) is 5.69 Å². The molecular formula is C19H27N5O2. The Kier molecular flexibility index (Phi) is 4.64. The fraction of sp³-hybridized carbons (Fsp3) is 0.526. The molecule has 3 rings (SSSR count). The second-order valence-electron chi connectivity index (χ2n) is 7.84. The minimum Gasteiger partial charge on any atom is -0.456 e. The molecule has 0 saturated heterocycles. The van der Waals surface area contributed by atoms with E-state index in [0.717, 1.165) is 32.1 Å². The molecule has 0 bridgehead atoms. The van der Waals surface area contributed by atoms with Crippen LogP contribution in [0.25, 0.3) is 0 Å².